The molecule has 5 nitrogen and oxygen atoms in total. The third-order valence-electron chi connectivity index (χ3n) is 2.06. The van der Waals surface area contributed by atoms with E-state index in [0.29, 0.717) is 5.56 Å². The number of thiol groups is 1. The molecule has 0 fully saturated rings. The molecule has 0 saturated carbocycles. The first kappa shape index (κ1) is 12.1. The van der Waals surface area contributed by atoms with E-state index >= 15 is 0 Å². The Morgan fingerprint density at radius 1 is 1.27 bits per heavy atom. The SMILES string of the molecule is N[C@H](CO)[C@H](O)c1ccc([SH](=O)=O)cc1. The fourth-order valence-electron chi connectivity index (χ4n) is 1.14. The fourth-order valence-corrected chi connectivity index (χ4v) is 1.53. The summed E-state index contributed by atoms with van der Waals surface area (Å²) in [5.74, 6) is 0. The van der Waals surface area contributed by atoms with E-state index in [0.717, 1.165) is 0 Å². The number of aliphatic hydroxyl groups excluding tert-OH is 2. The summed E-state index contributed by atoms with van der Waals surface area (Å²) in [5.41, 5.74) is 5.91. The highest BCUT2D eigenvalue weighted by Crippen LogP contribution is 2.16. The van der Waals surface area contributed by atoms with Crippen molar-refractivity contribution in [1.82, 2.24) is 0 Å². The Kier molecular flexibility index (Phi) is 4.22. The standard InChI is InChI=1S/C9H13NO4S/c10-8(5-11)9(12)6-1-3-7(4-2-6)15(13)14/h1-4,8-9,11-12,15H,5,10H2/t8-,9-/m1/s1. The number of rotatable bonds is 4. The molecule has 0 spiro atoms. The lowest BCUT2D eigenvalue weighted by molar-refractivity contribution is 0.109. The van der Waals surface area contributed by atoms with Gasteiger partial charge in [0.2, 0.25) is 0 Å². The van der Waals surface area contributed by atoms with Gasteiger partial charge in [-0.1, -0.05) is 12.1 Å². The predicted octanol–water partition coefficient (Wildman–Crippen LogP) is -0.990. The van der Waals surface area contributed by atoms with Crippen LogP contribution in [0, 0.1) is 0 Å². The minimum absolute atomic E-state index is 0.179. The van der Waals surface area contributed by atoms with Gasteiger partial charge in [-0.3, -0.25) is 0 Å². The second kappa shape index (κ2) is 5.22. The number of benzene rings is 1. The van der Waals surface area contributed by atoms with Crippen LogP contribution in [0.15, 0.2) is 29.2 Å². The Hall–Kier alpha value is -0.950. The molecule has 1 rings (SSSR count). The molecule has 0 saturated heterocycles. The summed E-state index contributed by atoms with van der Waals surface area (Å²) >= 11 is 0. The average Bonchev–Trinajstić information content (AvgIpc) is 2.27. The van der Waals surface area contributed by atoms with Crippen molar-refractivity contribution in [3.05, 3.63) is 29.8 Å². The van der Waals surface area contributed by atoms with Crippen LogP contribution < -0.4 is 5.73 Å². The molecule has 0 aliphatic rings. The molecule has 0 heterocycles. The van der Waals surface area contributed by atoms with E-state index in [1.807, 2.05) is 0 Å². The van der Waals surface area contributed by atoms with Crippen LogP contribution in [-0.4, -0.2) is 31.3 Å². The molecule has 0 aliphatic carbocycles. The van der Waals surface area contributed by atoms with Crippen LogP contribution in [-0.2, 0) is 10.7 Å². The number of aliphatic hydroxyl groups is 2. The van der Waals surface area contributed by atoms with Gasteiger partial charge in [0, 0.05) is 0 Å². The molecule has 0 aliphatic heterocycles. The van der Waals surface area contributed by atoms with E-state index in [2.05, 4.69) is 0 Å². The lowest BCUT2D eigenvalue weighted by Gasteiger charge is -2.16. The van der Waals surface area contributed by atoms with Crippen LogP contribution in [0.3, 0.4) is 0 Å². The molecule has 0 amide bonds. The summed E-state index contributed by atoms with van der Waals surface area (Å²) in [6, 6.07) is 4.95. The zero-order valence-corrected chi connectivity index (χ0v) is 8.80. The van der Waals surface area contributed by atoms with Crippen LogP contribution in [0.25, 0.3) is 0 Å². The molecular formula is C9H13NO4S. The highest BCUT2D eigenvalue weighted by atomic mass is 32.2. The first-order chi connectivity index (χ1) is 7.06. The first-order valence-electron chi connectivity index (χ1n) is 4.35. The van der Waals surface area contributed by atoms with Crippen molar-refractivity contribution >= 4 is 10.7 Å². The first-order valence-corrected chi connectivity index (χ1v) is 5.53. The maximum Gasteiger partial charge on any atom is 0.168 e. The van der Waals surface area contributed by atoms with E-state index in [4.69, 9.17) is 10.8 Å². The minimum atomic E-state index is -2.61. The number of nitrogens with two attached hydrogens (primary N) is 1. The molecule has 4 N–H and O–H groups in total. The van der Waals surface area contributed by atoms with Crippen molar-refractivity contribution in [3.8, 4) is 0 Å². The second-order valence-corrected chi connectivity index (χ2v) is 4.17. The lowest BCUT2D eigenvalue weighted by Crippen LogP contribution is -2.31. The largest absolute Gasteiger partial charge is 0.395 e. The quantitative estimate of drug-likeness (QED) is 0.498. The van der Waals surface area contributed by atoms with Gasteiger partial charge < -0.3 is 15.9 Å². The molecule has 0 radical (unpaired) electrons. The zero-order chi connectivity index (χ0) is 11.4. The fraction of sp³-hybridized carbons (Fsp3) is 0.333. The molecule has 0 unspecified atom stereocenters. The smallest absolute Gasteiger partial charge is 0.168 e. The van der Waals surface area contributed by atoms with Gasteiger partial charge in [-0.25, -0.2) is 8.42 Å². The van der Waals surface area contributed by atoms with Crippen molar-refractivity contribution in [1.29, 1.82) is 0 Å². The summed E-state index contributed by atoms with van der Waals surface area (Å²) < 4.78 is 21.2. The van der Waals surface area contributed by atoms with E-state index in [1.165, 1.54) is 24.3 Å². The van der Waals surface area contributed by atoms with Crippen LogP contribution in [0.1, 0.15) is 11.7 Å². The van der Waals surface area contributed by atoms with E-state index in [-0.39, 0.29) is 11.5 Å². The van der Waals surface area contributed by atoms with E-state index in [9.17, 15) is 13.5 Å². The van der Waals surface area contributed by atoms with Crippen LogP contribution in [0.5, 0.6) is 0 Å². The third-order valence-corrected chi connectivity index (χ3v) is 2.78. The Morgan fingerprint density at radius 3 is 2.20 bits per heavy atom. The number of hydrogen-bond acceptors (Lipinski definition) is 5. The molecule has 2 atom stereocenters. The van der Waals surface area contributed by atoms with Gasteiger partial charge in [-0.2, -0.15) is 0 Å². The average molecular weight is 231 g/mol. The van der Waals surface area contributed by atoms with Crippen LogP contribution in [0.2, 0.25) is 0 Å². The maximum atomic E-state index is 10.6. The highest BCUT2D eigenvalue weighted by Gasteiger charge is 2.15. The maximum absolute atomic E-state index is 10.6. The topological polar surface area (TPSA) is 101 Å². The molecule has 0 aromatic heterocycles. The molecule has 1 aromatic rings. The van der Waals surface area contributed by atoms with Crippen molar-refractivity contribution in [3.63, 3.8) is 0 Å². The Morgan fingerprint density at radius 2 is 1.80 bits per heavy atom. The Bertz CT molecular complexity index is 380. The predicted molar refractivity (Wildman–Crippen MR) is 55.0 cm³/mol. The van der Waals surface area contributed by atoms with Gasteiger partial charge in [-0.05, 0) is 17.7 Å². The molecule has 6 heteroatoms. The van der Waals surface area contributed by atoms with Crippen molar-refractivity contribution < 1.29 is 18.6 Å². The van der Waals surface area contributed by atoms with Crippen molar-refractivity contribution in [2.24, 2.45) is 5.73 Å². The molecular weight excluding hydrogens is 218 g/mol. The van der Waals surface area contributed by atoms with E-state index < -0.39 is 22.8 Å². The van der Waals surface area contributed by atoms with Crippen molar-refractivity contribution in [2.45, 2.75) is 17.0 Å². The summed E-state index contributed by atoms with van der Waals surface area (Å²) in [4.78, 5) is 0.179. The third kappa shape index (κ3) is 3.00. The minimum Gasteiger partial charge on any atom is -0.395 e. The monoisotopic (exact) mass is 231 g/mol. The second-order valence-electron chi connectivity index (χ2n) is 3.14. The van der Waals surface area contributed by atoms with Crippen LogP contribution >= 0.6 is 0 Å². The summed E-state index contributed by atoms with van der Waals surface area (Å²) in [6.45, 7) is -0.335. The Balaban J connectivity index is 2.88. The zero-order valence-electron chi connectivity index (χ0n) is 7.91. The molecule has 15 heavy (non-hydrogen) atoms. The summed E-state index contributed by atoms with van der Waals surface area (Å²) in [7, 11) is -2.61. The van der Waals surface area contributed by atoms with E-state index in [1.54, 1.807) is 0 Å². The molecule has 0 bridgehead atoms. The van der Waals surface area contributed by atoms with Gasteiger partial charge >= 0.3 is 0 Å². The molecule has 1 aromatic carbocycles. The van der Waals surface area contributed by atoms with Gasteiger partial charge in [-0.15, -0.1) is 0 Å². The van der Waals surface area contributed by atoms with Gasteiger partial charge in [0.1, 0.15) is 0 Å². The normalized spacial score (nSPS) is 15.2. The molecule has 84 valence electrons. The summed E-state index contributed by atoms with van der Waals surface area (Å²) in [5, 5.41) is 18.3. The lowest BCUT2D eigenvalue weighted by atomic mass is 10.0. The summed E-state index contributed by atoms with van der Waals surface area (Å²) in [6.07, 6.45) is -0.992. The van der Waals surface area contributed by atoms with Gasteiger partial charge in [0.05, 0.1) is 23.6 Å². The Labute approximate surface area is 89.1 Å². The van der Waals surface area contributed by atoms with Crippen molar-refractivity contribution in [2.75, 3.05) is 6.61 Å². The van der Waals surface area contributed by atoms with Crippen LogP contribution in [0.4, 0.5) is 0 Å². The van der Waals surface area contributed by atoms with Gasteiger partial charge in [0.25, 0.3) is 0 Å². The van der Waals surface area contributed by atoms with Gasteiger partial charge in [0.15, 0.2) is 10.7 Å². The highest BCUT2D eigenvalue weighted by molar-refractivity contribution is 7.72. The number of hydrogen-bond donors (Lipinski definition) is 4.